The Morgan fingerprint density at radius 1 is 1.30 bits per heavy atom. The van der Waals surface area contributed by atoms with Gasteiger partial charge in [0, 0.05) is 12.1 Å². The van der Waals surface area contributed by atoms with Gasteiger partial charge in [0.15, 0.2) is 0 Å². The van der Waals surface area contributed by atoms with Gasteiger partial charge >= 0.3 is 6.55 Å². The summed E-state index contributed by atoms with van der Waals surface area (Å²) in [4.78, 5) is 26.7. The van der Waals surface area contributed by atoms with Crippen molar-refractivity contribution in [2.45, 2.75) is 19.5 Å². The monoisotopic (exact) mass is 394 g/mol. The van der Waals surface area contributed by atoms with Crippen molar-refractivity contribution < 1.29 is 18.5 Å². The van der Waals surface area contributed by atoms with E-state index in [1.165, 1.54) is 19.1 Å². The number of nitro benzene ring substituents is 1. The van der Waals surface area contributed by atoms with E-state index in [1.54, 1.807) is 18.2 Å². The number of aromatic nitrogens is 2. The van der Waals surface area contributed by atoms with Crippen LogP contribution in [-0.4, -0.2) is 20.4 Å². The lowest BCUT2D eigenvalue weighted by molar-refractivity contribution is -0.384. The number of carbonyl (C=O) groups is 1. The molecular weight excluding hydrogens is 382 g/mol. The molecule has 0 saturated heterocycles. The van der Waals surface area contributed by atoms with Crippen LogP contribution in [0.4, 0.5) is 14.5 Å². The van der Waals surface area contributed by atoms with Crippen molar-refractivity contribution in [2.24, 2.45) is 0 Å². The van der Waals surface area contributed by atoms with Gasteiger partial charge in [-0.1, -0.05) is 23.7 Å². The fraction of sp³-hybridized carbons (Fsp3) is 0.176. The minimum atomic E-state index is -2.84. The molecule has 1 heterocycles. The van der Waals surface area contributed by atoms with Crippen LogP contribution >= 0.6 is 11.6 Å². The first-order chi connectivity index (χ1) is 12.8. The van der Waals surface area contributed by atoms with E-state index >= 15 is 0 Å². The normalized spacial score (nSPS) is 12.3. The molecule has 0 unspecified atom stereocenters. The standard InChI is InChI=1S/C17H13ClF2N4O3/c1-9(15-22-13-4-2-3-5-14(13)23(15)17(19)20)21-16(25)11-7-6-10(24(26)27)8-12(11)18/h2-9,17H,1H3,(H,21,25)/t9-/m0/s1. The lowest BCUT2D eigenvalue weighted by Gasteiger charge is -2.16. The summed E-state index contributed by atoms with van der Waals surface area (Å²) in [5.74, 6) is -0.673. The van der Waals surface area contributed by atoms with Gasteiger partial charge in [-0.2, -0.15) is 8.78 Å². The SMILES string of the molecule is C[C@H](NC(=O)c1ccc([N+](=O)[O-])cc1Cl)c1nc2ccccc2n1C(F)F. The molecule has 0 aliphatic rings. The van der Waals surface area contributed by atoms with Crippen LogP contribution in [0, 0.1) is 10.1 Å². The van der Waals surface area contributed by atoms with Crippen LogP contribution in [-0.2, 0) is 0 Å². The van der Waals surface area contributed by atoms with Crippen LogP contribution in [0.15, 0.2) is 42.5 Å². The second kappa shape index (κ2) is 7.28. The number of non-ortho nitro benzene ring substituents is 1. The quantitative estimate of drug-likeness (QED) is 0.510. The Morgan fingerprint density at radius 3 is 2.63 bits per heavy atom. The number of nitrogens with zero attached hydrogens (tertiary/aromatic N) is 3. The highest BCUT2D eigenvalue weighted by Crippen LogP contribution is 2.27. The molecule has 3 rings (SSSR count). The molecule has 0 aliphatic heterocycles. The number of halogens is 3. The van der Waals surface area contributed by atoms with E-state index in [1.807, 2.05) is 0 Å². The maximum Gasteiger partial charge on any atom is 0.320 e. The second-order valence-electron chi connectivity index (χ2n) is 5.72. The zero-order chi connectivity index (χ0) is 19.7. The van der Waals surface area contributed by atoms with Crippen molar-refractivity contribution in [3.63, 3.8) is 0 Å². The Hall–Kier alpha value is -3.07. The number of carbonyl (C=O) groups excluding carboxylic acids is 1. The number of benzene rings is 2. The average molecular weight is 395 g/mol. The summed E-state index contributed by atoms with van der Waals surface area (Å²) in [6.07, 6.45) is 0. The predicted molar refractivity (Wildman–Crippen MR) is 95.0 cm³/mol. The molecule has 0 aliphatic carbocycles. The smallest absolute Gasteiger partial charge is 0.320 e. The minimum absolute atomic E-state index is 0.00572. The van der Waals surface area contributed by atoms with Crippen molar-refractivity contribution in [3.8, 4) is 0 Å². The molecule has 0 fully saturated rings. The second-order valence-corrected chi connectivity index (χ2v) is 6.13. The number of para-hydroxylation sites is 2. The van der Waals surface area contributed by atoms with Crippen LogP contribution in [0.3, 0.4) is 0 Å². The van der Waals surface area contributed by atoms with Crippen LogP contribution < -0.4 is 5.32 Å². The van der Waals surface area contributed by atoms with Crippen molar-refractivity contribution in [1.82, 2.24) is 14.9 Å². The number of fused-ring (bicyclic) bond motifs is 1. The van der Waals surface area contributed by atoms with Gasteiger partial charge < -0.3 is 5.32 Å². The first-order valence-electron chi connectivity index (χ1n) is 7.79. The molecule has 1 N–H and O–H groups in total. The number of rotatable bonds is 5. The molecule has 2 aromatic carbocycles. The van der Waals surface area contributed by atoms with E-state index in [4.69, 9.17) is 11.6 Å². The molecule has 1 amide bonds. The van der Waals surface area contributed by atoms with Gasteiger partial charge in [-0.3, -0.25) is 19.5 Å². The van der Waals surface area contributed by atoms with Gasteiger partial charge in [-0.15, -0.1) is 0 Å². The average Bonchev–Trinajstić information content (AvgIpc) is 3.01. The summed E-state index contributed by atoms with van der Waals surface area (Å²) in [6.45, 7) is -1.33. The highest BCUT2D eigenvalue weighted by molar-refractivity contribution is 6.34. The number of alkyl halides is 2. The maximum absolute atomic E-state index is 13.5. The Labute approximate surface area is 156 Å². The number of hydrogen-bond acceptors (Lipinski definition) is 4. The van der Waals surface area contributed by atoms with E-state index in [2.05, 4.69) is 10.3 Å². The minimum Gasteiger partial charge on any atom is -0.342 e. The summed E-state index contributed by atoms with van der Waals surface area (Å²) >= 11 is 5.94. The number of nitro groups is 1. The molecule has 10 heteroatoms. The first kappa shape index (κ1) is 18.7. The predicted octanol–water partition coefficient (Wildman–Crippen LogP) is 4.48. The molecule has 0 bridgehead atoms. The van der Waals surface area contributed by atoms with Crippen molar-refractivity contribution in [2.75, 3.05) is 0 Å². The molecular formula is C17H13ClF2N4O3. The van der Waals surface area contributed by atoms with E-state index in [0.29, 0.717) is 5.52 Å². The van der Waals surface area contributed by atoms with Gasteiger partial charge in [-0.05, 0) is 25.1 Å². The number of amides is 1. The van der Waals surface area contributed by atoms with Gasteiger partial charge in [0.1, 0.15) is 5.82 Å². The molecule has 0 saturated carbocycles. The summed E-state index contributed by atoms with van der Waals surface area (Å²) < 4.78 is 27.8. The zero-order valence-electron chi connectivity index (χ0n) is 13.9. The van der Waals surface area contributed by atoms with Crippen LogP contribution in [0.1, 0.15) is 35.7 Å². The molecule has 0 spiro atoms. The Morgan fingerprint density at radius 2 is 2.00 bits per heavy atom. The number of imidazole rings is 1. The molecule has 1 atom stereocenters. The van der Waals surface area contributed by atoms with Crippen LogP contribution in [0.5, 0.6) is 0 Å². The lowest BCUT2D eigenvalue weighted by atomic mass is 10.1. The zero-order valence-corrected chi connectivity index (χ0v) is 14.7. The number of nitrogens with one attached hydrogen (secondary N) is 1. The van der Waals surface area contributed by atoms with E-state index in [0.717, 1.165) is 16.7 Å². The molecule has 3 aromatic rings. The van der Waals surface area contributed by atoms with Crippen molar-refractivity contribution in [3.05, 3.63) is 69.0 Å². The van der Waals surface area contributed by atoms with Gasteiger partial charge in [0.05, 0.1) is 32.6 Å². The molecule has 0 radical (unpaired) electrons. The van der Waals surface area contributed by atoms with Crippen molar-refractivity contribution in [1.29, 1.82) is 0 Å². The van der Waals surface area contributed by atoms with Crippen LogP contribution in [0.2, 0.25) is 5.02 Å². The van der Waals surface area contributed by atoms with Gasteiger partial charge in [-0.25, -0.2) is 4.98 Å². The van der Waals surface area contributed by atoms with E-state index in [9.17, 15) is 23.7 Å². The van der Waals surface area contributed by atoms with Crippen LogP contribution in [0.25, 0.3) is 11.0 Å². The summed E-state index contributed by atoms with van der Waals surface area (Å²) in [6, 6.07) is 8.94. The van der Waals surface area contributed by atoms with Crippen molar-refractivity contribution >= 4 is 34.2 Å². The fourth-order valence-electron chi connectivity index (χ4n) is 2.71. The Bertz CT molecular complexity index is 1040. The van der Waals surface area contributed by atoms with Gasteiger partial charge in [0.25, 0.3) is 11.6 Å². The molecule has 7 nitrogen and oxygen atoms in total. The third kappa shape index (κ3) is 3.59. The molecule has 1 aromatic heterocycles. The highest BCUT2D eigenvalue weighted by Gasteiger charge is 2.24. The molecule has 27 heavy (non-hydrogen) atoms. The van der Waals surface area contributed by atoms with E-state index in [-0.39, 0.29) is 27.6 Å². The Kier molecular flexibility index (Phi) is 5.04. The largest absolute Gasteiger partial charge is 0.342 e. The third-order valence-electron chi connectivity index (χ3n) is 3.96. The third-order valence-corrected chi connectivity index (χ3v) is 4.27. The lowest BCUT2D eigenvalue weighted by Crippen LogP contribution is -2.29. The number of hydrogen-bond donors (Lipinski definition) is 1. The first-order valence-corrected chi connectivity index (χ1v) is 8.17. The molecule has 140 valence electrons. The maximum atomic E-state index is 13.5. The Balaban J connectivity index is 1.90. The summed E-state index contributed by atoms with van der Waals surface area (Å²) in [5.41, 5.74) is 0.358. The summed E-state index contributed by atoms with van der Waals surface area (Å²) in [7, 11) is 0. The van der Waals surface area contributed by atoms with Gasteiger partial charge in [0.2, 0.25) is 0 Å². The van der Waals surface area contributed by atoms with E-state index < -0.39 is 23.4 Å². The fourth-order valence-corrected chi connectivity index (χ4v) is 2.97. The highest BCUT2D eigenvalue weighted by atomic mass is 35.5. The summed E-state index contributed by atoms with van der Waals surface area (Å²) in [5, 5.41) is 13.2. The topological polar surface area (TPSA) is 90.1 Å².